The van der Waals surface area contributed by atoms with Crippen molar-refractivity contribution in [1.29, 1.82) is 0 Å². The average Bonchev–Trinajstić information content (AvgIpc) is 2.63. The van der Waals surface area contributed by atoms with Crippen LogP contribution in [0.5, 0.6) is 5.75 Å². The van der Waals surface area contributed by atoms with E-state index in [9.17, 15) is 9.90 Å². The molecular formula is C19H22N2O3. The van der Waals surface area contributed by atoms with Crippen LogP contribution in [0, 0.1) is 0 Å². The van der Waals surface area contributed by atoms with Crippen LogP contribution < -0.4 is 15.0 Å². The van der Waals surface area contributed by atoms with Gasteiger partial charge in [0.25, 0.3) is 5.91 Å². The summed E-state index contributed by atoms with van der Waals surface area (Å²) in [6, 6.07) is 14.9. The second kappa shape index (κ2) is 7.36. The number of amides is 1. The fourth-order valence-electron chi connectivity index (χ4n) is 2.98. The highest BCUT2D eigenvalue weighted by Crippen LogP contribution is 2.29. The van der Waals surface area contributed by atoms with Gasteiger partial charge in [0.1, 0.15) is 5.75 Å². The lowest BCUT2D eigenvalue weighted by Gasteiger charge is -2.32. The van der Waals surface area contributed by atoms with Crippen LogP contribution in [0.3, 0.4) is 0 Å². The minimum atomic E-state index is -0.225. The molecule has 1 amide bonds. The first kappa shape index (κ1) is 16.3. The van der Waals surface area contributed by atoms with Crippen molar-refractivity contribution in [3.63, 3.8) is 0 Å². The van der Waals surface area contributed by atoms with E-state index in [1.807, 2.05) is 36.4 Å². The predicted molar refractivity (Wildman–Crippen MR) is 94.8 cm³/mol. The van der Waals surface area contributed by atoms with E-state index in [1.54, 1.807) is 19.2 Å². The Balaban J connectivity index is 1.81. The van der Waals surface area contributed by atoms with E-state index < -0.39 is 0 Å². The highest BCUT2D eigenvalue weighted by atomic mass is 16.5. The van der Waals surface area contributed by atoms with E-state index >= 15 is 0 Å². The Morgan fingerprint density at radius 2 is 1.79 bits per heavy atom. The van der Waals surface area contributed by atoms with Gasteiger partial charge in [0.2, 0.25) is 0 Å². The molecule has 0 bridgehead atoms. The molecule has 0 aromatic heterocycles. The Kier molecular flexibility index (Phi) is 5.01. The Hall–Kier alpha value is -2.53. The highest BCUT2D eigenvalue weighted by molar-refractivity contribution is 6.07. The monoisotopic (exact) mass is 326 g/mol. The molecule has 1 saturated heterocycles. The van der Waals surface area contributed by atoms with E-state index in [1.165, 1.54) is 0 Å². The Bertz CT molecular complexity index is 709. The lowest BCUT2D eigenvalue weighted by molar-refractivity contribution is 0.102. The van der Waals surface area contributed by atoms with Crippen LogP contribution in [0.2, 0.25) is 0 Å². The number of hydrogen-bond acceptors (Lipinski definition) is 4. The van der Waals surface area contributed by atoms with Crippen LogP contribution in [0.4, 0.5) is 11.4 Å². The number of aliphatic hydroxyl groups is 1. The molecule has 1 heterocycles. The molecule has 126 valence electrons. The number of aliphatic hydroxyl groups excluding tert-OH is 1. The summed E-state index contributed by atoms with van der Waals surface area (Å²) in [6.07, 6.45) is 1.26. The second-order valence-electron chi connectivity index (χ2n) is 5.89. The first-order chi connectivity index (χ1) is 11.7. The van der Waals surface area contributed by atoms with Gasteiger partial charge >= 0.3 is 0 Å². The number of nitrogens with zero attached hydrogens (tertiary/aromatic N) is 1. The summed E-state index contributed by atoms with van der Waals surface area (Å²) >= 11 is 0. The maximum atomic E-state index is 12.6. The zero-order valence-electron chi connectivity index (χ0n) is 13.7. The highest BCUT2D eigenvalue weighted by Gasteiger charge is 2.20. The molecule has 0 spiro atoms. The molecule has 2 N–H and O–H groups in total. The summed E-state index contributed by atoms with van der Waals surface area (Å²) in [5.74, 6) is 0.352. The normalized spacial score (nSPS) is 15.2. The van der Waals surface area contributed by atoms with Crippen LogP contribution in [-0.4, -0.2) is 37.3 Å². The van der Waals surface area contributed by atoms with Crippen molar-refractivity contribution < 1.29 is 14.6 Å². The third-order valence-corrected chi connectivity index (χ3v) is 4.31. The number of piperidine rings is 1. The first-order valence-electron chi connectivity index (χ1n) is 8.15. The van der Waals surface area contributed by atoms with Crippen molar-refractivity contribution in [3.05, 3.63) is 54.1 Å². The van der Waals surface area contributed by atoms with Crippen molar-refractivity contribution >= 4 is 17.3 Å². The van der Waals surface area contributed by atoms with E-state index in [4.69, 9.17) is 4.74 Å². The molecule has 0 aliphatic carbocycles. The lowest BCUT2D eigenvalue weighted by atomic mass is 10.1. The Morgan fingerprint density at radius 1 is 1.12 bits per heavy atom. The molecule has 1 aliphatic rings. The molecule has 0 saturated carbocycles. The molecule has 5 nitrogen and oxygen atoms in total. The smallest absolute Gasteiger partial charge is 0.259 e. The molecule has 2 aromatic rings. The van der Waals surface area contributed by atoms with Crippen molar-refractivity contribution in [2.45, 2.75) is 18.9 Å². The summed E-state index contributed by atoms with van der Waals surface area (Å²) in [4.78, 5) is 14.8. The van der Waals surface area contributed by atoms with E-state index in [2.05, 4.69) is 10.2 Å². The number of rotatable bonds is 4. The van der Waals surface area contributed by atoms with Gasteiger partial charge in [-0.1, -0.05) is 24.3 Å². The Labute approximate surface area is 141 Å². The fourth-order valence-corrected chi connectivity index (χ4v) is 2.98. The van der Waals surface area contributed by atoms with Gasteiger partial charge in [-0.05, 0) is 37.1 Å². The van der Waals surface area contributed by atoms with Gasteiger partial charge in [-0.25, -0.2) is 0 Å². The summed E-state index contributed by atoms with van der Waals surface area (Å²) in [7, 11) is 1.55. The number of methoxy groups -OCH3 is 1. The fraction of sp³-hybridized carbons (Fsp3) is 0.316. The number of benzene rings is 2. The van der Waals surface area contributed by atoms with Gasteiger partial charge in [0, 0.05) is 13.1 Å². The number of para-hydroxylation sites is 3. The van der Waals surface area contributed by atoms with Gasteiger partial charge < -0.3 is 20.1 Å². The number of carbonyl (C=O) groups excluding carboxylic acids is 1. The van der Waals surface area contributed by atoms with Crippen LogP contribution in [0.1, 0.15) is 23.2 Å². The average molecular weight is 326 g/mol. The number of anilines is 2. The SMILES string of the molecule is COc1ccccc1C(=O)Nc1ccccc1N1CCC(O)CC1. The largest absolute Gasteiger partial charge is 0.496 e. The van der Waals surface area contributed by atoms with Crippen LogP contribution in [0.25, 0.3) is 0 Å². The van der Waals surface area contributed by atoms with Crippen LogP contribution in [0.15, 0.2) is 48.5 Å². The first-order valence-corrected chi connectivity index (χ1v) is 8.15. The molecule has 3 rings (SSSR count). The zero-order valence-corrected chi connectivity index (χ0v) is 13.7. The number of ether oxygens (including phenoxy) is 1. The van der Waals surface area contributed by atoms with Gasteiger partial charge in [-0.2, -0.15) is 0 Å². The number of carbonyl (C=O) groups is 1. The van der Waals surface area contributed by atoms with Crippen molar-refractivity contribution in [2.75, 3.05) is 30.4 Å². The lowest BCUT2D eigenvalue weighted by Crippen LogP contribution is -2.36. The summed E-state index contributed by atoms with van der Waals surface area (Å²) in [6.45, 7) is 1.56. The summed E-state index contributed by atoms with van der Waals surface area (Å²) in [5.41, 5.74) is 2.25. The van der Waals surface area contributed by atoms with Gasteiger partial charge in [0.05, 0.1) is 30.2 Å². The van der Waals surface area contributed by atoms with Crippen molar-refractivity contribution in [3.8, 4) is 5.75 Å². The minimum Gasteiger partial charge on any atom is -0.496 e. The van der Waals surface area contributed by atoms with E-state index in [0.29, 0.717) is 11.3 Å². The van der Waals surface area contributed by atoms with Crippen LogP contribution in [-0.2, 0) is 0 Å². The van der Waals surface area contributed by atoms with Crippen molar-refractivity contribution in [2.24, 2.45) is 0 Å². The standard InChI is InChI=1S/C19H22N2O3/c1-24-18-9-5-2-6-15(18)19(23)20-16-7-3-4-8-17(16)21-12-10-14(22)11-13-21/h2-9,14,22H,10-13H2,1H3,(H,20,23). The third-order valence-electron chi connectivity index (χ3n) is 4.31. The maximum Gasteiger partial charge on any atom is 0.259 e. The molecule has 5 heteroatoms. The molecule has 2 aromatic carbocycles. The molecule has 1 fully saturated rings. The topological polar surface area (TPSA) is 61.8 Å². The van der Waals surface area contributed by atoms with Crippen molar-refractivity contribution in [1.82, 2.24) is 0 Å². The van der Waals surface area contributed by atoms with Gasteiger partial charge in [-0.3, -0.25) is 4.79 Å². The minimum absolute atomic E-state index is 0.197. The number of nitrogens with one attached hydrogen (secondary N) is 1. The summed E-state index contributed by atoms with van der Waals surface area (Å²) < 4.78 is 5.26. The Morgan fingerprint density at radius 3 is 2.54 bits per heavy atom. The van der Waals surface area contributed by atoms with Gasteiger partial charge in [-0.15, -0.1) is 0 Å². The quantitative estimate of drug-likeness (QED) is 0.907. The molecule has 0 unspecified atom stereocenters. The molecule has 0 atom stereocenters. The second-order valence-corrected chi connectivity index (χ2v) is 5.89. The van der Waals surface area contributed by atoms with Gasteiger partial charge in [0.15, 0.2) is 0 Å². The summed E-state index contributed by atoms with van der Waals surface area (Å²) in [5, 5.41) is 12.7. The molecular weight excluding hydrogens is 304 g/mol. The van der Waals surface area contributed by atoms with E-state index in [-0.39, 0.29) is 12.0 Å². The maximum absolute atomic E-state index is 12.6. The molecule has 24 heavy (non-hydrogen) atoms. The number of hydrogen-bond donors (Lipinski definition) is 2. The predicted octanol–water partition coefficient (Wildman–Crippen LogP) is 2.91. The molecule has 1 aliphatic heterocycles. The zero-order chi connectivity index (χ0) is 16.9. The third kappa shape index (κ3) is 3.51. The molecule has 0 radical (unpaired) electrons. The van der Waals surface area contributed by atoms with E-state index in [0.717, 1.165) is 37.3 Å². The van der Waals surface area contributed by atoms with Crippen LogP contribution >= 0.6 is 0 Å².